The molecule has 0 unspecified atom stereocenters. The number of nitrogens with zero attached hydrogens (tertiary/aromatic N) is 3. The topological polar surface area (TPSA) is 79.3 Å². The number of carbonyl (C=O) groups is 2. The number of benzene rings is 1. The standard InChI is InChI=1S/C17H19N5O2/c23-16-10-12-6-7-13(11-18-16)22(12)17(24)20-14-4-1-2-5-15(14)21-9-3-8-19-21/h1-5,8-9,12-13H,6-7,10-11H2,(H,18,23)(H,20,24)/t12-,13+/m0/s1. The number of carbonyl (C=O) groups excluding carboxylic acids is 2. The van der Waals surface area contributed by atoms with E-state index in [0.29, 0.717) is 18.7 Å². The number of aromatic nitrogens is 2. The molecule has 1 aromatic carbocycles. The van der Waals surface area contributed by atoms with Crippen LogP contribution in [-0.4, -0.2) is 45.2 Å². The maximum atomic E-state index is 12.9. The van der Waals surface area contributed by atoms with Crippen LogP contribution in [0.3, 0.4) is 0 Å². The van der Waals surface area contributed by atoms with Crippen molar-refractivity contribution in [1.29, 1.82) is 0 Å². The van der Waals surface area contributed by atoms with Gasteiger partial charge in [0.25, 0.3) is 0 Å². The first-order chi connectivity index (χ1) is 11.7. The van der Waals surface area contributed by atoms with Gasteiger partial charge in [0.2, 0.25) is 5.91 Å². The van der Waals surface area contributed by atoms with Crippen LogP contribution in [0.15, 0.2) is 42.7 Å². The molecule has 124 valence electrons. The van der Waals surface area contributed by atoms with Crippen molar-refractivity contribution in [2.75, 3.05) is 11.9 Å². The van der Waals surface area contributed by atoms with Crippen LogP contribution in [-0.2, 0) is 4.79 Å². The Bertz CT molecular complexity index is 758. The van der Waals surface area contributed by atoms with Crippen molar-refractivity contribution in [3.8, 4) is 5.69 Å². The van der Waals surface area contributed by atoms with E-state index in [0.717, 1.165) is 18.5 Å². The van der Waals surface area contributed by atoms with E-state index in [9.17, 15) is 9.59 Å². The number of urea groups is 1. The van der Waals surface area contributed by atoms with E-state index in [-0.39, 0.29) is 24.0 Å². The van der Waals surface area contributed by atoms with Crippen molar-refractivity contribution in [1.82, 2.24) is 20.0 Å². The Morgan fingerprint density at radius 3 is 2.88 bits per heavy atom. The lowest BCUT2D eigenvalue weighted by Crippen LogP contribution is -2.45. The fourth-order valence-corrected chi connectivity index (χ4v) is 3.58. The summed E-state index contributed by atoms with van der Waals surface area (Å²) in [4.78, 5) is 26.4. The summed E-state index contributed by atoms with van der Waals surface area (Å²) in [5.74, 6) is 0.0249. The lowest BCUT2D eigenvalue weighted by molar-refractivity contribution is -0.121. The average molecular weight is 325 g/mol. The molecule has 4 rings (SSSR count). The van der Waals surface area contributed by atoms with Crippen molar-refractivity contribution in [3.05, 3.63) is 42.7 Å². The summed E-state index contributed by atoms with van der Waals surface area (Å²) >= 11 is 0. The zero-order valence-corrected chi connectivity index (χ0v) is 13.2. The van der Waals surface area contributed by atoms with Gasteiger partial charge in [0.05, 0.1) is 17.4 Å². The van der Waals surface area contributed by atoms with Crippen molar-refractivity contribution in [2.24, 2.45) is 0 Å². The molecule has 2 saturated heterocycles. The number of para-hydroxylation sites is 2. The highest BCUT2D eigenvalue weighted by atomic mass is 16.2. The average Bonchev–Trinajstić information content (AvgIpc) is 3.19. The van der Waals surface area contributed by atoms with Crippen LogP contribution >= 0.6 is 0 Å². The molecule has 2 aromatic rings. The van der Waals surface area contributed by atoms with Gasteiger partial charge in [-0.2, -0.15) is 5.10 Å². The van der Waals surface area contributed by atoms with E-state index in [2.05, 4.69) is 15.7 Å². The third-order valence-electron chi connectivity index (χ3n) is 4.71. The zero-order chi connectivity index (χ0) is 16.5. The second kappa shape index (κ2) is 5.99. The normalized spacial score (nSPS) is 22.8. The van der Waals surface area contributed by atoms with Gasteiger partial charge < -0.3 is 15.5 Å². The van der Waals surface area contributed by atoms with Gasteiger partial charge in [-0.15, -0.1) is 0 Å². The molecular weight excluding hydrogens is 306 g/mol. The molecule has 2 fully saturated rings. The Labute approximate surface area is 139 Å². The molecule has 0 aliphatic carbocycles. The number of hydrogen-bond donors (Lipinski definition) is 2. The van der Waals surface area contributed by atoms with Gasteiger partial charge in [-0.05, 0) is 31.0 Å². The van der Waals surface area contributed by atoms with Crippen LogP contribution in [0.1, 0.15) is 19.3 Å². The quantitative estimate of drug-likeness (QED) is 0.883. The predicted octanol–water partition coefficient (Wildman–Crippen LogP) is 1.76. The molecule has 7 nitrogen and oxygen atoms in total. The number of anilines is 1. The van der Waals surface area contributed by atoms with Crippen molar-refractivity contribution < 1.29 is 9.59 Å². The van der Waals surface area contributed by atoms with Crippen LogP contribution in [0.5, 0.6) is 0 Å². The highest BCUT2D eigenvalue weighted by Gasteiger charge is 2.40. The van der Waals surface area contributed by atoms with E-state index in [1.54, 1.807) is 10.9 Å². The Morgan fingerprint density at radius 1 is 1.21 bits per heavy atom. The first-order valence-corrected chi connectivity index (χ1v) is 8.17. The molecule has 2 atom stereocenters. The second-order valence-corrected chi connectivity index (χ2v) is 6.20. The Morgan fingerprint density at radius 2 is 2.04 bits per heavy atom. The first kappa shape index (κ1) is 14.7. The minimum Gasteiger partial charge on any atom is -0.354 e. The molecule has 0 spiro atoms. The van der Waals surface area contributed by atoms with E-state index in [1.807, 2.05) is 41.4 Å². The molecule has 1 aromatic heterocycles. The molecule has 2 bridgehead atoms. The smallest absolute Gasteiger partial charge is 0.322 e. The summed E-state index contributed by atoms with van der Waals surface area (Å²) in [5, 5.41) is 10.1. The van der Waals surface area contributed by atoms with Gasteiger partial charge >= 0.3 is 6.03 Å². The fraction of sp³-hybridized carbons (Fsp3) is 0.353. The van der Waals surface area contributed by atoms with E-state index < -0.39 is 0 Å². The number of amides is 3. The Balaban J connectivity index is 1.58. The third-order valence-corrected chi connectivity index (χ3v) is 4.71. The molecule has 0 radical (unpaired) electrons. The largest absolute Gasteiger partial charge is 0.354 e. The van der Waals surface area contributed by atoms with Crippen molar-refractivity contribution in [2.45, 2.75) is 31.3 Å². The molecule has 2 N–H and O–H groups in total. The van der Waals surface area contributed by atoms with Crippen LogP contribution in [0.25, 0.3) is 5.69 Å². The van der Waals surface area contributed by atoms with Gasteiger partial charge in [0.15, 0.2) is 0 Å². The number of fused-ring (bicyclic) bond motifs is 2. The first-order valence-electron chi connectivity index (χ1n) is 8.17. The number of nitrogens with one attached hydrogen (secondary N) is 2. The van der Waals surface area contributed by atoms with Crippen LogP contribution in [0, 0.1) is 0 Å². The van der Waals surface area contributed by atoms with E-state index >= 15 is 0 Å². The molecule has 2 aliphatic heterocycles. The lowest BCUT2D eigenvalue weighted by atomic mass is 10.1. The molecule has 3 amide bonds. The number of hydrogen-bond acceptors (Lipinski definition) is 3. The molecular formula is C17H19N5O2. The maximum Gasteiger partial charge on any atom is 0.322 e. The zero-order valence-electron chi connectivity index (χ0n) is 13.2. The summed E-state index contributed by atoms with van der Waals surface area (Å²) in [7, 11) is 0. The summed E-state index contributed by atoms with van der Waals surface area (Å²) in [6.45, 7) is 0.531. The fourth-order valence-electron chi connectivity index (χ4n) is 3.58. The monoisotopic (exact) mass is 325 g/mol. The summed E-state index contributed by atoms with van der Waals surface area (Å²) in [6, 6.07) is 9.29. The van der Waals surface area contributed by atoms with Crippen molar-refractivity contribution in [3.63, 3.8) is 0 Å². The SMILES string of the molecule is O=C1C[C@@H]2CC[C@H](CN1)N2C(=O)Nc1ccccc1-n1cccn1. The third kappa shape index (κ3) is 2.62. The summed E-state index contributed by atoms with van der Waals surface area (Å²) < 4.78 is 1.72. The van der Waals surface area contributed by atoms with Gasteiger partial charge in [-0.1, -0.05) is 12.1 Å². The highest BCUT2D eigenvalue weighted by Crippen LogP contribution is 2.29. The highest BCUT2D eigenvalue weighted by molar-refractivity contribution is 5.93. The molecule has 2 aliphatic rings. The van der Waals surface area contributed by atoms with Crippen LogP contribution < -0.4 is 10.6 Å². The molecule has 24 heavy (non-hydrogen) atoms. The molecule has 3 heterocycles. The van der Waals surface area contributed by atoms with Crippen LogP contribution in [0.4, 0.5) is 10.5 Å². The maximum absolute atomic E-state index is 12.9. The Kier molecular flexibility index (Phi) is 3.68. The lowest BCUT2D eigenvalue weighted by Gasteiger charge is -2.28. The van der Waals surface area contributed by atoms with Crippen molar-refractivity contribution >= 4 is 17.6 Å². The van der Waals surface area contributed by atoms with Gasteiger partial charge in [-0.25, -0.2) is 9.48 Å². The molecule has 7 heteroatoms. The predicted molar refractivity (Wildman–Crippen MR) is 88.9 cm³/mol. The minimum absolute atomic E-state index is 0.0191. The second-order valence-electron chi connectivity index (χ2n) is 6.20. The number of rotatable bonds is 2. The van der Waals surface area contributed by atoms with E-state index in [1.165, 1.54) is 0 Å². The minimum atomic E-state index is -0.154. The van der Waals surface area contributed by atoms with Gasteiger partial charge in [0, 0.05) is 31.4 Å². The Hall–Kier alpha value is -2.83. The van der Waals surface area contributed by atoms with Gasteiger partial charge in [-0.3, -0.25) is 4.79 Å². The molecule has 0 saturated carbocycles. The summed E-state index contributed by atoms with van der Waals surface area (Å²) in [5.41, 5.74) is 1.52. The van der Waals surface area contributed by atoms with Crippen LogP contribution in [0.2, 0.25) is 0 Å². The van der Waals surface area contributed by atoms with E-state index in [4.69, 9.17) is 0 Å². The summed E-state index contributed by atoms with van der Waals surface area (Å²) in [6.07, 6.45) is 5.73. The van der Waals surface area contributed by atoms with Gasteiger partial charge in [0.1, 0.15) is 0 Å².